The Morgan fingerprint density at radius 3 is 2.88 bits per heavy atom. The Labute approximate surface area is 153 Å². The average Bonchev–Trinajstić information content (AvgIpc) is 3.18. The van der Waals surface area contributed by atoms with Gasteiger partial charge in [-0.25, -0.2) is 9.18 Å². The molecule has 0 N–H and O–H groups in total. The zero-order chi connectivity index (χ0) is 18.3. The van der Waals surface area contributed by atoms with E-state index in [0.717, 1.165) is 22.4 Å². The van der Waals surface area contributed by atoms with Gasteiger partial charge in [0, 0.05) is 16.4 Å². The van der Waals surface area contributed by atoms with Gasteiger partial charge in [0.05, 0.1) is 0 Å². The maximum atomic E-state index is 13.3. The third-order valence-electron chi connectivity index (χ3n) is 4.48. The molecular weight excluding hydrogens is 353 g/mol. The van der Waals surface area contributed by atoms with E-state index >= 15 is 0 Å². The average molecular weight is 369 g/mol. The molecule has 1 atom stereocenters. The molecule has 0 saturated carbocycles. The molecule has 0 saturated heterocycles. The van der Waals surface area contributed by atoms with E-state index in [-0.39, 0.29) is 24.4 Å². The number of fused-ring (bicyclic) bond motifs is 2. The Bertz CT molecular complexity index is 1010. The summed E-state index contributed by atoms with van der Waals surface area (Å²) in [5.74, 6) is -1.17. The van der Waals surface area contributed by atoms with Crippen LogP contribution in [0.15, 0.2) is 48.5 Å². The number of thiophene rings is 1. The number of para-hydroxylation sites is 1. The van der Waals surface area contributed by atoms with Gasteiger partial charge in [0.2, 0.25) is 0 Å². The van der Waals surface area contributed by atoms with Crippen molar-refractivity contribution in [2.45, 2.75) is 19.4 Å². The van der Waals surface area contributed by atoms with Crippen molar-refractivity contribution in [3.05, 3.63) is 64.8 Å². The van der Waals surface area contributed by atoms with Crippen molar-refractivity contribution < 1.29 is 18.7 Å². The van der Waals surface area contributed by atoms with Crippen molar-refractivity contribution >= 4 is 39.0 Å². The van der Waals surface area contributed by atoms with Gasteiger partial charge in [-0.15, -0.1) is 11.3 Å². The number of benzene rings is 2. The molecule has 1 aliphatic heterocycles. The van der Waals surface area contributed by atoms with Crippen LogP contribution in [0.25, 0.3) is 10.1 Å². The standard InChI is InChI=1S/C20H16FNO3S/c1-12-8-13-4-2-3-5-16(13)22(12)19(23)11-25-20(24)18-10-14-9-15(21)6-7-17(14)26-18/h2-7,9-10,12H,8,11H2,1H3/t12-/m1/s1. The SMILES string of the molecule is C[C@@H]1Cc2ccccc2N1C(=O)COC(=O)c1cc2cc(F)ccc2s1. The Morgan fingerprint density at radius 1 is 1.23 bits per heavy atom. The summed E-state index contributed by atoms with van der Waals surface area (Å²) in [6.45, 7) is 1.65. The van der Waals surface area contributed by atoms with Crippen LogP contribution in [0.2, 0.25) is 0 Å². The van der Waals surface area contributed by atoms with Crippen molar-refractivity contribution in [2.24, 2.45) is 0 Å². The molecule has 132 valence electrons. The molecule has 1 amide bonds. The number of anilines is 1. The first-order chi connectivity index (χ1) is 12.5. The molecule has 0 fully saturated rings. The molecule has 26 heavy (non-hydrogen) atoms. The maximum Gasteiger partial charge on any atom is 0.348 e. The third kappa shape index (κ3) is 2.97. The Kier molecular flexibility index (Phi) is 4.20. The Balaban J connectivity index is 1.46. The second-order valence-electron chi connectivity index (χ2n) is 6.31. The van der Waals surface area contributed by atoms with E-state index in [1.165, 1.54) is 23.5 Å². The fourth-order valence-corrected chi connectivity index (χ4v) is 4.27. The van der Waals surface area contributed by atoms with E-state index in [1.807, 2.05) is 31.2 Å². The van der Waals surface area contributed by atoms with Gasteiger partial charge in [-0.05, 0) is 54.6 Å². The highest BCUT2D eigenvalue weighted by molar-refractivity contribution is 7.20. The maximum absolute atomic E-state index is 13.3. The Hall–Kier alpha value is -2.73. The number of halogens is 1. The molecule has 4 nitrogen and oxygen atoms in total. The molecule has 0 aliphatic carbocycles. The number of amides is 1. The number of rotatable bonds is 3. The van der Waals surface area contributed by atoms with Crippen molar-refractivity contribution in [3.8, 4) is 0 Å². The molecule has 2 aromatic carbocycles. The lowest BCUT2D eigenvalue weighted by Crippen LogP contribution is -2.38. The zero-order valence-corrected chi connectivity index (χ0v) is 14.9. The first-order valence-corrected chi connectivity index (χ1v) is 9.11. The number of carbonyl (C=O) groups is 2. The first-order valence-electron chi connectivity index (χ1n) is 8.29. The molecule has 0 radical (unpaired) electrons. The molecule has 3 aromatic rings. The van der Waals surface area contributed by atoms with Gasteiger partial charge in [0.1, 0.15) is 10.7 Å². The predicted octanol–water partition coefficient (Wildman–Crippen LogP) is 4.18. The number of hydrogen-bond acceptors (Lipinski definition) is 4. The molecule has 2 heterocycles. The van der Waals surface area contributed by atoms with E-state index in [4.69, 9.17) is 4.74 Å². The molecular formula is C20H16FNO3S. The van der Waals surface area contributed by atoms with Gasteiger partial charge in [0.15, 0.2) is 6.61 Å². The van der Waals surface area contributed by atoms with Gasteiger partial charge >= 0.3 is 5.97 Å². The van der Waals surface area contributed by atoms with Gasteiger partial charge in [-0.3, -0.25) is 4.79 Å². The monoisotopic (exact) mass is 369 g/mol. The van der Waals surface area contributed by atoms with Gasteiger partial charge in [0.25, 0.3) is 5.91 Å². The van der Waals surface area contributed by atoms with Crippen molar-refractivity contribution in [3.63, 3.8) is 0 Å². The molecule has 0 unspecified atom stereocenters. The summed E-state index contributed by atoms with van der Waals surface area (Å²) in [4.78, 5) is 26.9. The summed E-state index contributed by atoms with van der Waals surface area (Å²) in [5, 5.41) is 0.648. The van der Waals surface area contributed by atoms with E-state index < -0.39 is 5.97 Å². The van der Waals surface area contributed by atoms with E-state index in [9.17, 15) is 14.0 Å². The minimum Gasteiger partial charge on any atom is -0.451 e. The van der Waals surface area contributed by atoms with Crippen molar-refractivity contribution in [1.82, 2.24) is 0 Å². The second kappa shape index (κ2) is 6.53. The lowest BCUT2D eigenvalue weighted by atomic mass is 10.1. The van der Waals surface area contributed by atoms with Gasteiger partial charge in [-0.1, -0.05) is 18.2 Å². The lowest BCUT2D eigenvalue weighted by Gasteiger charge is -2.22. The summed E-state index contributed by atoms with van der Waals surface area (Å²) in [5.41, 5.74) is 1.99. The minimum atomic E-state index is -0.569. The molecule has 4 rings (SSSR count). The van der Waals surface area contributed by atoms with Crippen LogP contribution in [0.5, 0.6) is 0 Å². The molecule has 1 aliphatic rings. The van der Waals surface area contributed by atoms with Crippen LogP contribution >= 0.6 is 11.3 Å². The number of ether oxygens (including phenoxy) is 1. The molecule has 6 heteroatoms. The summed E-state index contributed by atoms with van der Waals surface area (Å²) in [7, 11) is 0. The van der Waals surface area contributed by atoms with Crippen LogP contribution in [0.4, 0.5) is 10.1 Å². The smallest absolute Gasteiger partial charge is 0.348 e. The van der Waals surface area contributed by atoms with Gasteiger partial charge in [-0.2, -0.15) is 0 Å². The van der Waals surface area contributed by atoms with E-state index in [0.29, 0.717) is 10.3 Å². The normalized spacial score (nSPS) is 15.9. The molecule has 1 aromatic heterocycles. The zero-order valence-electron chi connectivity index (χ0n) is 14.1. The minimum absolute atomic E-state index is 0.0332. The number of nitrogens with zero attached hydrogens (tertiary/aromatic N) is 1. The second-order valence-corrected chi connectivity index (χ2v) is 7.40. The fraction of sp³-hybridized carbons (Fsp3) is 0.200. The summed E-state index contributed by atoms with van der Waals surface area (Å²) >= 11 is 1.22. The van der Waals surface area contributed by atoms with E-state index in [1.54, 1.807) is 17.0 Å². The van der Waals surface area contributed by atoms with Crippen LogP contribution in [-0.2, 0) is 16.0 Å². The first kappa shape index (κ1) is 16.7. The number of hydrogen-bond donors (Lipinski definition) is 0. The highest BCUT2D eigenvalue weighted by Crippen LogP contribution is 2.32. The van der Waals surface area contributed by atoms with Crippen LogP contribution < -0.4 is 4.90 Å². The largest absolute Gasteiger partial charge is 0.451 e. The summed E-state index contributed by atoms with van der Waals surface area (Å²) in [6.07, 6.45) is 0.789. The Morgan fingerprint density at radius 2 is 2.04 bits per heavy atom. The lowest BCUT2D eigenvalue weighted by molar-refractivity contribution is -0.122. The van der Waals surface area contributed by atoms with Crippen molar-refractivity contribution in [1.29, 1.82) is 0 Å². The molecule has 0 spiro atoms. The summed E-state index contributed by atoms with van der Waals surface area (Å²) < 4.78 is 19.3. The van der Waals surface area contributed by atoms with Crippen LogP contribution in [0, 0.1) is 5.82 Å². The predicted molar refractivity (Wildman–Crippen MR) is 99.2 cm³/mol. The third-order valence-corrected chi connectivity index (χ3v) is 5.58. The quantitative estimate of drug-likeness (QED) is 0.651. The fourth-order valence-electron chi connectivity index (χ4n) is 3.33. The topological polar surface area (TPSA) is 46.6 Å². The highest BCUT2D eigenvalue weighted by Gasteiger charge is 2.31. The van der Waals surface area contributed by atoms with Crippen LogP contribution in [0.3, 0.4) is 0 Å². The number of esters is 1. The van der Waals surface area contributed by atoms with Crippen LogP contribution in [0.1, 0.15) is 22.2 Å². The molecule has 0 bridgehead atoms. The number of carbonyl (C=O) groups excluding carboxylic acids is 2. The van der Waals surface area contributed by atoms with Crippen LogP contribution in [-0.4, -0.2) is 24.5 Å². The van der Waals surface area contributed by atoms with Crippen molar-refractivity contribution in [2.75, 3.05) is 11.5 Å². The highest BCUT2D eigenvalue weighted by atomic mass is 32.1. The van der Waals surface area contributed by atoms with E-state index in [2.05, 4.69) is 0 Å². The van der Waals surface area contributed by atoms with Gasteiger partial charge < -0.3 is 9.64 Å². The summed E-state index contributed by atoms with van der Waals surface area (Å²) in [6, 6.07) is 13.7.